The van der Waals surface area contributed by atoms with E-state index in [1.165, 1.54) is 0 Å². The first kappa shape index (κ1) is 9.65. The first-order valence-electron chi connectivity index (χ1n) is 3.94. The maximum atomic E-state index is 4.25. The van der Waals surface area contributed by atoms with Crippen LogP contribution in [0.25, 0.3) is 0 Å². The van der Waals surface area contributed by atoms with Gasteiger partial charge < -0.3 is 0 Å². The highest BCUT2D eigenvalue weighted by atomic mass is 79.9. The first-order chi connectivity index (χ1) is 5.49. The van der Waals surface area contributed by atoms with Crippen molar-refractivity contribution >= 4 is 15.9 Å². The number of hydrogen-bond donors (Lipinski definition) is 0. The van der Waals surface area contributed by atoms with Crippen LogP contribution < -0.4 is 0 Å². The van der Waals surface area contributed by atoms with E-state index in [1.54, 1.807) is 12.4 Å². The first-order valence-corrected chi connectivity index (χ1v) is 4.74. The summed E-state index contributed by atoms with van der Waals surface area (Å²) in [4.78, 5) is 8.37. The molecule has 0 atom stereocenters. The Labute approximate surface area is 81.6 Å². The molecule has 1 rings (SSSR count). The molecule has 12 heavy (non-hydrogen) atoms. The third kappa shape index (κ3) is 2.89. The smallest absolute Gasteiger partial charge is 0.127 e. The van der Waals surface area contributed by atoms with E-state index in [2.05, 4.69) is 46.7 Å². The molecule has 66 valence electrons. The van der Waals surface area contributed by atoms with Crippen LogP contribution in [0.5, 0.6) is 0 Å². The van der Waals surface area contributed by atoms with Crippen LogP contribution in [0.15, 0.2) is 17.0 Å². The van der Waals surface area contributed by atoms with Crippen molar-refractivity contribution in [2.24, 2.45) is 5.41 Å². The zero-order valence-corrected chi connectivity index (χ0v) is 9.22. The van der Waals surface area contributed by atoms with Crippen molar-refractivity contribution in [3.8, 4) is 0 Å². The lowest BCUT2D eigenvalue weighted by atomic mass is 9.91. The van der Waals surface area contributed by atoms with Crippen molar-refractivity contribution in [3.05, 3.63) is 22.7 Å². The van der Waals surface area contributed by atoms with Crippen LogP contribution in [0.4, 0.5) is 0 Å². The van der Waals surface area contributed by atoms with E-state index in [4.69, 9.17) is 0 Å². The van der Waals surface area contributed by atoms with Crippen LogP contribution in [-0.4, -0.2) is 9.97 Å². The van der Waals surface area contributed by atoms with Crippen LogP contribution in [0, 0.1) is 5.41 Å². The van der Waals surface area contributed by atoms with Gasteiger partial charge in [0.25, 0.3) is 0 Å². The SMILES string of the molecule is CC(C)(C)Cc1nccnc1Br. The number of nitrogens with zero attached hydrogens (tertiary/aromatic N) is 2. The van der Waals surface area contributed by atoms with E-state index < -0.39 is 0 Å². The fourth-order valence-electron chi connectivity index (χ4n) is 0.971. The quantitative estimate of drug-likeness (QED) is 0.739. The van der Waals surface area contributed by atoms with Gasteiger partial charge >= 0.3 is 0 Å². The molecular formula is C9H13BrN2. The van der Waals surface area contributed by atoms with Gasteiger partial charge in [-0.2, -0.15) is 0 Å². The highest BCUT2D eigenvalue weighted by Crippen LogP contribution is 2.22. The molecule has 1 aromatic rings. The topological polar surface area (TPSA) is 25.8 Å². The fraction of sp³-hybridized carbons (Fsp3) is 0.556. The van der Waals surface area contributed by atoms with Gasteiger partial charge in [0.1, 0.15) is 4.60 Å². The average Bonchev–Trinajstić information content (AvgIpc) is 1.91. The zero-order chi connectivity index (χ0) is 9.19. The predicted molar refractivity (Wildman–Crippen MR) is 52.9 cm³/mol. The third-order valence-electron chi connectivity index (χ3n) is 1.42. The van der Waals surface area contributed by atoms with E-state index in [1.807, 2.05) is 0 Å². The summed E-state index contributed by atoms with van der Waals surface area (Å²) in [5, 5.41) is 0. The highest BCUT2D eigenvalue weighted by Gasteiger charge is 2.14. The van der Waals surface area contributed by atoms with E-state index in [0.29, 0.717) is 0 Å². The molecule has 0 spiro atoms. The van der Waals surface area contributed by atoms with Gasteiger partial charge in [-0.25, -0.2) is 4.98 Å². The van der Waals surface area contributed by atoms with Crippen molar-refractivity contribution in [3.63, 3.8) is 0 Å². The summed E-state index contributed by atoms with van der Waals surface area (Å²) in [6.07, 6.45) is 4.36. The Bertz CT molecular complexity index is 265. The molecule has 0 radical (unpaired) electrons. The molecule has 2 nitrogen and oxygen atoms in total. The molecule has 0 amide bonds. The molecule has 3 heteroatoms. The van der Waals surface area contributed by atoms with Gasteiger partial charge in [0, 0.05) is 12.4 Å². The molecule has 0 saturated heterocycles. The molecule has 0 saturated carbocycles. The van der Waals surface area contributed by atoms with Crippen molar-refractivity contribution in [1.29, 1.82) is 0 Å². The molecule has 0 bridgehead atoms. The van der Waals surface area contributed by atoms with Gasteiger partial charge in [0.2, 0.25) is 0 Å². The minimum atomic E-state index is 0.262. The van der Waals surface area contributed by atoms with Gasteiger partial charge in [-0.15, -0.1) is 0 Å². The van der Waals surface area contributed by atoms with E-state index >= 15 is 0 Å². The van der Waals surface area contributed by atoms with Gasteiger partial charge in [-0.3, -0.25) is 4.98 Å². The van der Waals surface area contributed by atoms with Crippen LogP contribution in [0.3, 0.4) is 0 Å². The monoisotopic (exact) mass is 228 g/mol. The molecule has 0 aliphatic carbocycles. The van der Waals surface area contributed by atoms with E-state index in [9.17, 15) is 0 Å². The second-order valence-electron chi connectivity index (χ2n) is 4.03. The largest absolute Gasteiger partial charge is 0.257 e. The minimum Gasteiger partial charge on any atom is -0.257 e. The highest BCUT2D eigenvalue weighted by molar-refractivity contribution is 9.10. The van der Waals surface area contributed by atoms with Crippen LogP contribution in [-0.2, 0) is 6.42 Å². The Morgan fingerprint density at radius 3 is 2.33 bits per heavy atom. The van der Waals surface area contributed by atoms with Gasteiger partial charge in [0.15, 0.2) is 0 Å². The molecule has 0 N–H and O–H groups in total. The standard InChI is InChI=1S/C9H13BrN2/c1-9(2,3)6-7-8(10)12-5-4-11-7/h4-5H,6H2,1-3H3. The predicted octanol–water partition coefficient (Wildman–Crippen LogP) is 2.83. The Balaban J connectivity index is 2.83. The van der Waals surface area contributed by atoms with Crippen LogP contribution in [0.2, 0.25) is 0 Å². The van der Waals surface area contributed by atoms with Gasteiger partial charge in [-0.05, 0) is 27.8 Å². The molecule has 0 unspecified atom stereocenters. The lowest BCUT2D eigenvalue weighted by Gasteiger charge is -2.17. The molecule has 1 aromatic heterocycles. The lowest BCUT2D eigenvalue weighted by molar-refractivity contribution is 0.404. The Kier molecular flexibility index (Phi) is 2.83. The molecule has 1 heterocycles. The van der Waals surface area contributed by atoms with Crippen molar-refractivity contribution in [2.45, 2.75) is 27.2 Å². The second-order valence-corrected chi connectivity index (χ2v) is 4.78. The van der Waals surface area contributed by atoms with Crippen LogP contribution in [0.1, 0.15) is 26.5 Å². The number of aromatic nitrogens is 2. The Morgan fingerprint density at radius 1 is 1.25 bits per heavy atom. The number of rotatable bonds is 1. The maximum absolute atomic E-state index is 4.25. The van der Waals surface area contributed by atoms with E-state index in [-0.39, 0.29) is 5.41 Å². The Hall–Kier alpha value is -0.440. The number of halogens is 1. The average molecular weight is 229 g/mol. The van der Waals surface area contributed by atoms with Gasteiger partial charge in [0.05, 0.1) is 5.69 Å². The summed E-state index contributed by atoms with van der Waals surface area (Å²) < 4.78 is 0.861. The minimum absolute atomic E-state index is 0.262. The molecule has 0 aromatic carbocycles. The summed E-state index contributed by atoms with van der Waals surface area (Å²) in [5.74, 6) is 0. The summed E-state index contributed by atoms with van der Waals surface area (Å²) >= 11 is 3.38. The van der Waals surface area contributed by atoms with Crippen molar-refractivity contribution < 1.29 is 0 Å². The van der Waals surface area contributed by atoms with Gasteiger partial charge in [-0.1, -0.05) is 20.8 Å². The zero-order valence-electron chi connectivity index (χ0n) is 7.63. The number of hydrogen-bond acceptors (Lipinski definition) is 2. The lowest BCUT2D eigenvalue weighted by Crippen LogP contribution is -2.11. The van der Waals surface area contributed by atoms with Crippen molar-refractivity contribution in [1.82, 2.24) is 9.97 Å². The van der Waals surface area contributed by atoms with E-state index in [0.717, 1.165) is 16.7 Å². The normalized spacial score (nSPS) is 11.7. The van der Waals surface area contributed by atoms with Crippen LogP contribution >= 0.6 is 15.9 Å². The van der Waals surface area contributed by atoms with Crippen molar-refractivity contribution in [2.75, 3.05) is 0 Å². The third-order valence-corrected chi connectivity index (χ3v) is 2.08. The summed E-state index contributed by atoms with van der Waals surface area (Å²) in [7, 11) is 0. The second kappa shape index (κ2) is 3.52. The summed E-state index contributed by atoms with van der Waals surface area (Å²) in [6, 6.07) is 0. The molecule has 0 aliphatic heterocycles. The maximum Gasteiger partial charge on any atom is 0.127 e. The summed E-state index contributed by atoms with van der Waals surface area (Å²) in [5.41, 5.74) is 1.29. The summed E-state index contributed by atoms with van der Waals surface area (Å²) in [6.45, 7) is 6.57. The Morgan fingerprint density at radius 2 is 1.83 bits per heavy atom. The molecule has 0 aliphatic rings. The fourth-order valence-corrected chi connectivity index (χ4v) is 1.33. The molecule has 0 fully saturated rings. The molecular weight excluding hydrogens is 216 g/mol.